The van der Waals surface area contributed by atoms with Gasteiger partial charge in [0.2, 0.25) is 0 Å². The van der Waals surface area contributed by atoms with Crippen LogP contribution in [0.5, 0.6) is 0 Å². The Kier molecular flexibility index (Phi) is 6.40. The third-order valence-electron chi connectivity index (χ3n) is 6.21. The van der Waals surface area contributed by atoms with Crippen molar-refractivity contribution in [2.24, 2.45) is 0 Å². The van der Waals surface area contributed by atoms with E-state index in [1.165, 1.54) is 29.2 Å². The third kappa shape index (κ3) is 4.28. The molecule has 3 aromatic rings. The average Bonchev–Trinajstić information content (AvgIpc) is 3.28. The van der Waals surface area contributed by atoms with Crippen LogP contribution in [0.1, 0.15) is 35.0 Å². The van der Waals surface area contributed by atoms with Gasteiger partial charge < -0.3 is 14.9 Å². The van der Waals surface area contributed by atoms with Crippen molar-refractivity contribution >= 4 is 28.8 Å². The van der Waals surface area contributed by atoms with Gasteiger partial charge >= 0.3 is 0 Å². The zero-order valence-electron chi connectivity index (χ0n) is 20.1. The smallest absolute Gasteiger partial charge is 0.295 e. The molecule has 2 aromatic heterocycles. The van der Waals surface area contributed by atoms with E-state index in [9.17, 15) is 24.8 Å². The highest BCUT2D eigenvalue weighted by Gasteiger charge is 2.46. The van der Waals surface area contributed by atoms with Gasteiger partial charge in [-0.05, 0) is 70.2 Å². The monoisotopic (exact) mass is 477 g/mol. The maximum Gasteiger partial charge on any atom is 0.295 e. The van der Waals surface area contributed by atoms with E-state index in [0.717, 1.165) is 5.56 Å². The summed E-state index contributed by atoms with van der Waals surface area (Å²) in [5.74, 6) is -1.83. The summed E-state index contributed by atoms with van der Waals surface area (Å²) in [5, 5.41) is 22.6. The molecule has 0 bridgehead atoms. The molecule has 1 aromatic carbocycles. The number of amides is 1. The predicted molar refractivity (Wildman–Crippen MR) is 130 cm³/mol. The normalized spacial score (nSPS) is 17.6. The Morgan fingerprint density at radius 2 is 1.86 bits per heavy atom. The molecule has 10 heteroatoms. The molecule has 0 radical (unpaired) electrons. The van der Waals surface area contributed by atoms with Crippen LogP contribution in [0.4, 0.5) is 5.69 Å². The second kappa shape index (κ2) is 9.30. The van der Waals surface area contributed by atoms with Crippen LogP contribution >= 0.6 is 0 Å². The van der Waals surface area contributed by atoms with E-state index in [-0.39, 0.29) is 23.6 Å². The van der Waals surface area contributed by atoms with Crippen molar-refractivity contribution in [3.63, 3.8) is 0 Å². The van der Waals surface area contributed by atoms with E-state index in [0.29, 0.717) is 35.6 Å². The fourth-order valence-corrected chi connectivity index (χ4v) is 4.52. The standard InChI is InChI=1S/C25H27N5O5/c1-15-7-5-13-28-20(16(2)26-24(15)28)22(31)19-21(17-8-10-18(11-9-17)30(34)35)29(25(33)23(19)32)14-6-12-27(3)4/h5,7-11,13,21,31H,6,12,14H2,1-4H3/t21-/m1/s1. The number of aliphatic hydroxyl groups is 1. The fourth-order valence-electron chi connectivity index (χ4n) is 4.52. The summed E-state index contributed by atoms with van der Waals surface area (Å²) >= 11 is 0. The van der Waals surface area contributed by atoms with Crippen molar-refractivity contribution in [2.45, 2.75) is 26.3 Å². The number of imidazole rings is 1. The molecule has 35 heavy (non-hydrogen) atoms. The Labute approximate surface area is 202 Å². The van der Waals surface area contributed by atoms with Crippen LogP contribution in [0.25, 0.3) is 11.4 Å². The first-order valence-electron chi connectivity index (χ1n) is 11.2. The van der Waals surface area contributed by atoms with Gasteiger partial charge in [0.1, 0.15) is 11.3 Å². The summed E-state index contributed by atoms with van der Waals surface area (Å²) in [5.41, 5.74) is 2.72. The topological polar surface area (TPSA) is 121 Å². The van der Waals surface area contributed by atoms with Crippen molar-refractivity contribution in [3.8, 4) is 0 Å². The number of non-ortho nitro benzene ring substituents is 1. The molecule has 1 N–H and O–H groups in total. The molecule has 10 nitrogen and oxygen atoms in total. The zero-order valence-corrected chi connectivity index (χ0v) is 20.1. The lowest BCUT2D eigenvalue weighted by molar-refractivity contribution is -0.384. The van der Waals surface area contributed by atoms with Crippen LogP contribution in [-0.4, -0.2) is 68.1 Å². The second-order valence-electron chi connectivity index (χ2n) is 8.93. The summed E-state index contributed by atoms with van der Waals surface area (Å²) in [4.78, 5) is 45.0. The number of fused-ring (bicyclic) bond motifs is 1. The minimum absolute atomic E-state index is 0.0555. The van der Waals surface area contributed by atoms with Crippen molar-refractivity contribution < 1.29 is 19.6 Å². The molecular formula is C25H27N5O5. The highest BCUT2D eigenvalue weighted by atomic mass is 16.6. The average molecular weight is 478 g/mol. The maximum absolute atomic E-state index is 13.3. The van der Waals surface area contributed by atoms with Gasteiger partial charge in [0, 0.05) is 24.9 Å². The molecule has 1 aliphatic rings. The van der Waals surface area contributed by atoms with Crippen LogP contribution in [0, 0.1) is 24.0 Å². The molecule has 4 rings (SSSR count). The molecule has 1 saturated heterocycles. The lowest BCUT2D eigenvalue weighted by Gasteiger charge is -2.26. The number of carbonyl (C=O) groups excluding carboxylic acids is 2. The summed E-state index contributed by atoms with van der Waals surface area (Å²) in [6, 6.07) is 8.53. The molecule has 1 amide bonds. The van der Waals surface area contributed by atoms with E-state index in [4.69, 9.17) is 0 Å². The van der Waals surface area contributed by atoms with E-state index in [1.54, 1.807) is 17.5 Å². The molecule has 3 heterocycles. The number of rotatable bonds is 7. The number of nitro groups is 1. The first-order chi connectivity index (χ1) is 16.6. The number of nitro benzene ring substituents is 1. The molecule has 0 aliphatic carbocycles. The highest BCUT2D eigenvalue weighted by molar-refractivity contribution is 6.46. The summed E-state index contributed by atoms with van der Waals surface area (Å²) in [6.45, 7) is 4.61. The van der Waals surface area contributed by atoms with Crippen LogP contribution in [0.2, 0.25) is 0 Å². The van der Waals surface area contributed by atoms with Crippen molar-refractivity contribution in [1.29, 1.82) is 0 Å². The number of aromatic nitrogens is 2. The van der Waals surface area contributed by atoms with E-state index >= 15 is 0 Å². The first kappa shape index (κ1) is 24.1. The van der Waals surface area contributed by atoms with Crippen LogP contribution in [-0.2, 0) is 9.59 Å². The Hall–Kier alpha value is -4.05. The van der Waals surface area contributed by atoms with Crippen molar-refractivity contribution in [3.05, 3.63) is 80.8 Å². The number of aryl methyl sites for hydroxylation is 2. The lowest BCUT2D eigenvalue weighted by atomic mass is 9.96. The molecule has 0 saturated carbocycles. The largest absolute Gasteiger partial charge is 0.505 e. The number of hydrogen-bond donors (Lipinski definition) is 1. The third-order valence-corrected chi connectivity index (χ3v) is 6.21. The van der Waals surface area contributed by atoms with Gasteiger partial charge in [-0.3, -0.25) is 24.1 Å². The lowest BCUT2D eigenvalue weighted by Crippen LogP contribution is -2.32. The highest BCUT2D eigenvalue weighted by Crippen LogP contribution is 2.40. The van der Waals surface area contributed by atoms with Gasteiger partial charge in [0.05, 0.1) is 22.2 Å². The number of pyridine rings is 1. The van der Waals surface area contributed by atoms with Crippen LogP contribution in [0.15, 0.2) is 48.2 Å². The molecule has 0 spiro atoms. The van der Waals surface area contributed by atoms with Gasteiger partial charge in [-0.25, -0.2) is 4.98 Å². The summed E-state index contributed by atoms with van der Waals surface area (Å²) in [7, 11) is 3.83. The van der Waals surface area contributed by atoms with Gasteiger partial charge in [-0.1, -0.05) is 6.07 Å². The number of Topliss-reactive ketones (excluding diaryl/α,β-unsaturated/α-hetero) is 1. The minimum Gasteiger partial charge on any atom is -0.505 e. The molecule has 1 atom stereocenters. The Balaban J connectivity index is 1.89. The Morgan fingerprint density at radius 1 is 1.17 bits per heavy atom. The number of ketones is 1. The van der Waals surface area contributed by atoms with Gasteiger partial charge in [0.25, 0.3) is 17.4 Å². The maximum atomic E-state index is 13.3. The molecule has 182 valence electrons. The van der Waals surface area contributed by atoms with Gasteiger partial charge in [0.15, 0.2) is 5.76 Å². The first-order valence-corrected chi connectivity index (χ1v) is 11.2. The van der Waals surface area contributed by atoms with Crippen LogP contribution < -0.4 is 0 Å². The Bertz CT molecular complexity index is 1360. The van der Waals surface area contributed by atoms with Gasteiger partial charge in [-0.2, -0.15) is 0 Å². The number of nitrogens with zero attached hydrogens (tertiary/aromatic N) is 5. The van der Waals surface area contributed by atoms with Crippen molar-refractivity contribution in [2.75, 3.05) is 27.2 Å². The van der Waals surface area contributed by atoms with E-state index < -0.39 is 22.7 Å². The second-order valence-corrected chi connectivity index (χ2v) is 8.93. The zero-order chi connectivity index (χ0) is 25.4. The number of benzene rings is 1. The van der Waals surface area contributed by atoms with E-state index in [1.807, 2.05) is 38.1 Å². The molecule has 1 aliphatic heterocycles. The van der Waals surface area contributed by atoms with Gasteiger partial charge in [-0.15, -0.1) is 0 Å². The van der Waals surface area contributed by atoms with E-state index in [2.05, 4.69) is 4.98 Å². The summed E-state index contributed by atoms with van der Waals surface area (Å²) < 4.78 is 1.70. The number of aliphatic hydroxyl groups excluding tert-OH is 1. The number of likely N-dealkylation sites (tertiary alicyclic amines) is 1. The number of hydrogen-bond acceptors (Lipinski definition) is 7. The SMILES string of the molecule is Cc1nc2c(C)cccn2c1C(O)=C1C(=O)C(=O)N(CCCN(C)C)[C@@H]1c1ccc([N+](=O)[O-])cc1. The minimum atomic E-state index is -0.882. The quantitative estimate of drug-likeness (QED) is 0.182. The molecular weight excluding hydrogens is 450 g/mol. The van der Waals surface area contributed by atoms with Crippen molar-refractivity contribution in [1.82, 2.24) is 19.2 Å². The fraction of sp³-hybridized carbons (Fsp3) is 0.320. The number of carbonyl (C=O) groups is 2. The predicted octanol–water partition coefficient (Wildman–Crippen LogP) is 3.23. The Morgan fingerprint density at radius 3 is 2.49 bits per heavy atom. The van der Waals surface area contributed by atoms with Crippen LogP contribution in [0.3, 0.4) is 0 Å². The molecule has 0 unspecified atom stereocenters. The summed E-state index contributed by atoms with van der Waals surface area (Å²) in [6.07, 6.45) is 2.35. The molecule has 1 fully saturated rings.